The lowest BCUT2D eigenvalue weighted by Crippen LogP contribution is -2.00. The highest BCUT2D eigenvalue weighted by molar-refractivity contribution is 9.13. The molecule has 2 heterocycles. The average molecular weight is 425 g/mol. The third-order valence-corrected chi connectivity index (χ3v) is 7.27. The second kappa shape index (κ2) is 5.55. The third-order valence-electron chi connectivity index (χ3n) is 2.62. The Morgan fingerprint density at radius 2 is 2.00 bits per heavy atom. The molecular formula is C12H11Br2NO2S2. The highest BCUT2D eigenvalue weighted by Crippen LogP contribution is 2.47. The Labute approximate surface area is 135 Å². The molecule has 0 bridgehead atoms. The zero-order valence-electron chi connectivity index (χ0n) is 10.2. The molecule has 0 saturated heterocycles. The number of nitrogen functional groups attached to an aromatic ring is 1. The van der Waals surface area contributed by atoms with Crippen molar-refractivity contribution in [2.24, 2.45) is 0 Å². The van der Waals surface area contributed by atoms with Crippen molar-refractivity contribution in [2.45, 2.75) is 19.8 Å². The lowest BCUT2D eigenvalue weighted by Gasteiger charge is -2.07. The van der Waals surface area contributed by atoms with E-state index in [-0.39, 0.29) is 10.8 Å². The van der Waals surface area contributed by atoms with Crippen LogP contribution in [0.5, 0.6) is 0 Å². The van der Waals surface area contributed by atoms with Crippen molar-refractivity contribution in [1.82, 2.24) is 0 Å². The normalized spacial score (nSPS) is 11.2. The van der Waals surface area contributed by atoms with E-state index < -0.39 is 5.97 Å². The molecule has 0 spiro atoms. The van der Waals surface area contributed by atoms with Gasteiger partial charge in [-0.3, -0.25) is 0 Å². The maximum atomic E-state index is 11.2. The molecule has 3 nitrogen and oxygen atoms in total. The average Bonchev–Trinajstić information content (AvgIpc) is 2.80. The second-order valence-electron chi connectivity index (χ2n) is 4.28. The summed E-state index contributed by atoms with van der Waals surface area (Å²) in [7, 11) is 0. The third kappa shape index (κ3) is 2.74. The summed E-state index contributed by atoms with van der Waals surface area (Å²) in [5, 5.41) is 9.21. The van der Waals surface area contributed by atoms with Crippen LogP contribution in [0.2, 0.25) is 0 Å². The molecule has 2 aromatic rings. The number of halogens is 2. The fourth-order valence-corrected chi connectivity index (χ4v) is 5.20. The summed E-state index contributed by atoms with van der Waals surface area (Å²) in [5.74, 6) is -0.788. The van der Waals surface area contributed by atoms with E-state index in [0.29, 0.717) is 5.69 Å². The molecule has 0 atom stereocenters. The maximum Gasteiger partial charge on any atom is 0.348 e. The minimum Gasteiger partial charge on any atom is -0.477 e. The Kier molecular flexibility index (Phi) is 4.39. The summed E-state index contributed by atoms with van der Waals surface area (Å²) in [6, 6.07) is 1.98. The van der Waals surface area contributed by atoms with E-state index in [1.165, 1.54) is 11.3 Å². The van der Waals surface area contributed by atoms with Gasteiger partial charge in [-0.1, -0.05) is 13.8 Å². The van der Waals surface area contributed by atoms with E-state index in [0.717, 1.165) is 23.6 Å². The van der Waals surface area contributed by atoms with Gasteiger partial charge in [0, 0.05) is 9.35 Å². The smallest absolute Gasteiger partial charge is 0.348 e. The first-order chi connectivity index (χ1) is 8.82. The van der Waals surface area contributed by atoms with E-state index in [1.807, 2.05) is 19.9 Å². The van der Waals surface area contributed by atoms with Gasteiger partial charge in [0.05, 0.1) is 14.4 Å². The van der Waals surface area contributed by atoms with Crippen LogP contribution >= 0.6 is 54.5 Å². The molecule has 0 saturated carbocycles. The monoisotopic (exact) mass is 423 g/mol. The molecule has 19 heavy (non-hydrogen) atoms. The SMILES string of the molecule is CC(C)c1c(-c2cc(Br)c(Br)s2)sc(C(=O)O)c1N. The number of aromatic carboxylic acids is 1. The van der Waals surface area contributed by atoms with E-state index in [4.69, 9.17) is 5.73 Å². The number of carboxylic acid groups (broad SMARTS) is 1. The van der Waals surface area contributed by atoms with Crippen LogP contribution in [0.25, 0.3) is 9.75 Å². The first-order valence-electron chi connectivity index (χ1n) is 5.43. The molecule has 0 fully saturated rings. The van der Waals surface area contributed by atoms with E-state index >= 15 is 0 Å². The van der Waals surface area contributed by atoms with Crippen LogP contribution in [0.1, 0.15) is 35.0 Å². The van der Waals surface area contributed by atoms with Crippen LogP contribution in [-0.4, -0.2) is 11.1 Å². The zero-order chi connectivity index (χ0) is 14.3. The van der Waals surface area contributed by atoms with Crippen molar-refractivity contribution in [2.75, 3.05) is 5.73 Å². The topological polar surface area (TPSA) is 63.3 Å². The first kappa shape index (κ1) is 15.0. The van der Waals surface area contributed by atoms with Gasteiger partial charge in [-0.2, -0.15) is 0 Å². The molecule has 0 aliphatic heterocycles. The van der Waals surface area contributed by atoms with Crippen molar-refractivity contribution >= 4 is 66.2 Å². The van der Waals surface area contributed by atoms with Crippen LogP contribution in [0, 0.1) is 0 Å². The van der Waals surface area contributed by atoms with Gasteiger partial charge in [-0.15, -0.1) is 22.7 Å². The van der Waals surface area contributed by atoms with E-state index in [1.54, 1.807) is 11.3 Å². The van der Waals surface area contributed by atoms with Crippen LogP contribution in [0.15, 0.2) is 14.3 Å². The van der Waals surface area contributed by atoms with Gasteiger partial charge in [0.25, 0.3) is 0 Å². The number of carboxylic acids is 1. The number of nitrogens with two attached hydrogens (primary N) is 1. The van der Waals surface area contributed by atoms with Crippen molar-refractivity contribution in [3.63, 3.8) is 0 Å². The molecule has 102 valence electrons. The number of hydrogen-bond acceptors (Lipinski definition) is 4. The van der Waals surface area contributed by atoms with Crippen molar-refractivity contribution < 1.29 is 9.90 Å². The van der Waals surface area contributed by atoms with Gasteiger partial charge in [0.15, 0.2) is 0 Å². The first-order valence-corrected chi connectivity index (χ1v) is 8.65. The molecule has 0 unspecified atom stereocenters. The summed E-state index contributed by atoms with van der Waals surface area (Å²) < 4.78 is 1.95. The van der Waals surface area contributed by atoms with Crippen molar-refractivity contribution in [1.29, 1.82) is 0 Å². The van der Waals surface area contributed by atoms with Gasteiger partial charge < -0.3 is 10.8 Å². The molecular weight excluding hydrogens is 414 g/mol. The van der Waals surface area contributed by atoms with Gasteiger partial charge in [0.1, 0.15) is 4.88 Å². The molecule has 2 aromatic heterocycles. The molecule has 0 aliphatic carbocycles. The highest BCUT2D eigenvalue weighted by Gasteiger charge is 2.24. The van der Waals surface area contributed by atoms with Gasteiger partial charge >= 0.3 is 5.97 Å². The fraction of sp³-hybridized carbons (Fsp3) is 0.250. The number of anilines is 1. The van der Waals surface area contributed by atoms with E-state index in [2.05, 4.69) is 31.9 Å². The van der Waals surface area contributed by atoms with Crippen LogP contribution in [-0.2, 0) is 0 Å². The largest absolute Gasteiger partial charge is 0.477 e. The molecule has 0 aromatic carbocycles. The molecule has 3 N–H and O–H groups in total. The summed E-state index contributed by atoms with van der Waals surface area (Å²) in [5.41, 5.74) is 7.31. The summed E-state index contributed by atoms with van der Waals surface area (Å²) in [6.07, 6.45) is 0. The Bertz CT molecular complexity index is 627. The zero-order valence-corrected chi connectivity index (χ0v) is 15.0. The van der Waals surface area contributed by atoms with Crippen molar-refractivity contribution in [3.05, 3.63) is 24.8 Å². The number of hydrogen-bond donors (Lipinski definition) is 2. The van der Waals surface area contributed by atoms with Crippen LogP contribution in [0.3, 0.4) is 0 Å². The minimum absolute atomic E-state index is 0.180. The molecule has 0 aliphatic rings. The molecule has 0 radical (unpaired) electrons. The second-order valence-corrected chi connectivity index (χ2v) is 8.52. The Morgan fingerprint density at radius 1 is 1.37 bits per heavy atom. The maximum absolute atomic E-state index is 11.2. The van der Waals surface area contributed by atoms with Gasteiger partial charge in [-0.05, 0) is 49.4 Å². The summed E-state index contributed by atoms with van der Waals surface area (Å²) in [6.45, 7) is 4.04. The Morgan fingerprint density at radius 3 is 2.42 bits per heavy atom. The predicted molar refractivity (Wildman–Crippen MR) is 88.5 cm³/mol. The quantitative estimate of drug-likeness (QED) is 0.692. The molecule has 2 rings (SSSR count). The molecule has 0 amide bonds. The Hall–Kier alpha value is -0.370. The van der Waals surface area contributed by atoms with E-state index in [9.17, 15) is 9.90 Å². The highest BCUT2D eigenvalue weighted by atomic mass is 79.9. The standard InChI is InChI=1S/C12H11Br2NO2S2/c1-4(2)7-8(15)10(12(16)17)19-9(7)6-3-5(13)11(14)18-6/h3-4H,15H2,1-2H3,(H,16,17). The van der Waals surface area contributed by atoms with Crippen LogP contribution in [0.4, 0.5) is 5.69 Å². The lowest BCUT2D eigenvalue weighted by molar-refractivity contribution is 0.0703. The van der Waals surface area contributed by atoms with Crippen molar-refractivity contribution in [3.8, 4) is 9.75 Å². The minimum atomic E-state index is -0.967. The Balaban J connectivity index is 2.68. The van der Waals surface area contributed by atoms with Crippen LogP contribution < -0.4 is 5.73 Å². The summed E-state index contributed by atoms with van der Waals surface area (Å²) in [4.78, 5) is 13.4. The van der Waals surface area contributed by atoms with Gasteiger partial charge in [0.2, 0.25) is 0 Å². The fourth-order valence-electron chi connectivity index (χ4n) is 1.83. The number of thiophene rings is 2. The van der Waals surface area contributed by atoms with Gasteiger partial charge in [-0.25, -0.2) is 4.79 Å². The summed E-state index contributed by atoms with van der Waals surface area (Å²) >= 11 is 9.71. The lowest BCUT2D eigenvalue weighted by atomic mass is 10.0. The predicted octanol–water partition coefficient (Wildman–Crippen LogP) is 5.41. The number of rotatable bonds is 3. The number of carbonyl (C=O) groups is 1. The molecule has 7 heteroatoms.